The van der Waals surface area contributed by atoms with E-state index in [-0.39, 0.29) is 11.5 Å². The van der Waals surface area contributed by atoms with Gasteiger partial charge in [0, 0.05) is 18.8 Å². The van der Waals surface area contributed by atoms with E-state index in [1.54, 1.807) is 0 Å². The summed E-state index contributed by atoms with van der Waals surface area (Å²) in [6.07, 6.45) is 5.95. The molecule has 0 N–H and O–H groups in total. The fraction of sp³-hybridized carbons (Fsp3) is 0.500. The van der Waals surface area contributed by atoms with E-state index in [1.807, 2.05) is 4.90 Å². The first kappa shape index (κ1) is 9.75. The maximum atomic E-state index is 13.4. The van der Waals surface area contributed by atoms with Gasteiger partial charge in [-0.05, 0) is 31.2 Å². The van der Waals surface area contributed by atoms with Gasteiger partial charge in [0.15, 0.2) is 5.82 Å². The fourth-order valence-electron chi connectivity index (χ4n) is 2.88. The SMILES string of the molecule is O=C(c1ccncc1F)N1CC2CCC1C2. The molecule has 3 rings (SSSR count). The van der Waals surface area contributed by atoms with Gasteiger partial charge in [-0.2, -0.15) is 0 Å². The van der Waals surface area contributed by atoms with Crippen molar-refractivity contribution < 1.29 is 9.18 Å². The highest BCUT2D eigenvalue weighted by atomic mass is 19.1. The molecular weight excluding hydrogens is 207 g/mol. The maximum absolute atomic E-state index is 13.4. The number of likely N-dealkylation sites (tertiary alicyclic amines) is 1. The lowest BCUT2D eigenvalue weighted by atomic mass is 10.1. The number of amides is 1. The van der Waals surface area contributed by atoms with Crippen molar-refractivity contribution in [2.45, 2.75) is 25.3 Å². The summed E-state index contributed by atoms with van der Waals surface area (Å²) < 4.78 is 13.4. The predicted molar refractivity (Wildman–Crippen MR) is 56.4 cm³/mol. The number of carbonyl (C=O) groups is 1. The molecule has 1 amide bonds. The van der Waals surface area contributed by atoms with Gasteiger partial charge in [0.25, 0.3) is 5.91 Å². The summed E-state index contributed by atoms with van der Waals surface area (Å²) in [7, 11) is 0. The largest absolute Gasteiger partial charge is 0.335 e. The van der Waals surface area contributed by atoms with Crippen LogP contribution in [0.5, 0.6) is 0 Å². The summed E-state index contributed by atoms with van der Waals surface area (Å²) in [4.78, 5) is 17.6. The number of rotatable bonds is 1. The molecule has 0 radical (unpaired) electrons. The van der Waals surface area contributed by atoms with Crippen molar-refractivity contribution in [3.05, 3.63) is 29.8 Å². The minimum atomic E-state index is -0.518. The van der Waals surface area contributed by atoms with Gasteiger partial charge >= 0.3 is 0 Å². The summed E-state index contributed by atoms with van der Waals surface area (Å²) in [5.41, 5.74) is 0.155. The molecule has 1 aliphatic heterocycles. The second-order valence-corrected chi connectivity index (χ2v) is 4.65. The van der Waals surface area contributed by atoms with Crippen molar-refractivity contribution in [1.82, 2.24) is 9.88 Å². The molecule has 4 heteroatoms. The van der Waals surface area contributed by atoms with Crippen LogP contribution in [0.3, 0.4) is 0 Å². The lowest BCUT2D eigenvalue weighted by Crippen LogP contribution is -2.38. The van der Waals surface area contributed by atoms with Gasteiger partial charge in [-0.15, -0.1) is 0 Å². The molecule has 16 heavy (non-hydrogen) atoms. The number of carbonyl (C=O) groups excluding carboxylic acids is 1. The first-order valence-electron chi connectivity index (χ1n) is 5.66. The lowest BCUT2D eigenvalue weighted by Gasteiger charge is -2.27. The van der Waals surface area contributed by atoms with E-state index in [0.29, 0.717) is 12.0 Å². The maximum Gasteiger partial charge on any atom is 0.257 e. The second kappa shape index (κ2) is 3.54. The lowest BCUT2D eigenvalue weighted by molar-refractivity contribution is 0.0698. The van der Waals surface area contributed by atoms with Crippen LogP contribution >= 0.6 is 0 Å². The minimum Gasteiger partial charge on any atom is -0.335 e. The molecule has 1 aromatic heterocycles. The number of fused-ring (bicyclic) bond motifs is 2. The molecule has 1 saturated carbocycles. The second-order valence-electron chi connectivity index (χ2n) is 4.65. The molecule has 2 heterocycles. The van der Waals surface area contributed by atoms with Crippen molar-refractivity contribution in [3.63, 3.8) is 0 Å². The smallest absolute Gasteiger partial charge is 0.257 e. The van der Waals surface area contributed by atoms with Crippen molar-refractivity contribution in [3.8, 4) is 0 Å². The highest BCUT2D eigenvalue weighted by molar-refractivity contribution is 5.94. The zero-order chi connectivity index (χ0) is 11.1. The number of hydrogen-bond acceptors (Lipinski definition) is 2. The highest BCUT2D eigenvalue weighted by Crippen LogP contribution is 2.38. The molecule has 2 atom stereocenters. The molecule has 2 fully saturated rings. The molecular formula is C12H13FN2O. The Morgan fingerprint density at radius 2 is 2.38 bits per heavy atom. The molecule has 1 saturated heterocycles. The summed E-state index contributed by atoms with van der Waals surface area (Å²) in [5, 5.41) is 0. The Morgan fingerprint density at radius 1 is 1.50 bits per heavy atom. The molecule has 2 bridgehead atoms. The summed E-state index contributed by atoms with van der Waals surface area (Å²) in [6, 6.07) is 1.80. The van der Waals surface area contributed by atoms with Crippen molar-refractivity contribution in [2.75, 3.05) is 6.54 Å². The number of hydrogen-bond donors (Lipinski definition) is 0. The van der Waals surface area contributed by atoms with Gasteiger partial charge in [-0.3, -0.25) is 9.78 Å². The number of aromatic nitrogens is 1. The number of pyridine rings is 1. The summed E-state index contributed by atoms with van der Waals surface area (Å²) >= 11 is 0. The summed E-state index contributed by atoms with van der Waals surface area (Å²) in [6.45, 7) is 0.797. The van der Waals surface area contributed by atoms with Gasteiger partial charge in [-0.25, -0.2) is 4.39 Å². The molecule has 0 spiro atoms. The zero-order valence-electron chi connectivity index (χ0n) is 8.90. The topological polar surface area (TPSA) is 33.2 Å². The third-order valence-electron chi connectivity index (χ3n) is 3.67. The van der Waals surface area contributed by atoms with Gasteiger partial charge in [0.2, 0.25) is 0 Å². The fourth-order valence-corrected chi connectivity index (χ4v) is 2.88. The molecule has 1 aromatic rings. The molecule has 2 unspecified atom stereocenters. The van der Waals surface area contributed by atoms with Crippen LogP contribution in [0.15, 0.2) is 18.5 Å². The minimum absolute atomic E-state index is 0.155. The van der Waals surface area contributed by atoms with E-state index in [0.717, 1.165) is 25.6 Å². The Balaban J connectivity index is 1.86. The van der Waals surface area contributed by atoms with Gasteiger partial charge in [0.1, 0.15) is 0 Å². The van der Waals surface area contributed by atoms with E-state index in [4.69, 9.17) is 0 Å². The molecule has 0 aromatic carbocycles. The van der Waals surface area contributed by atoms with Crippen LogP contribution in [0.2, 0.25) is 0 Å². The predicted octanol–water partition coefficient (Wildman–Crippen LogP) is 1.85. The van der Waals surface area contributed by atoms with Crippen LogP contribution in [0.1, 0.15) is 29.6 Å². The monoisotopic (exact) mass is 220 g/mol. The van der Waals surface area contributed by atoms with Crippen LogP contribution in [-0.4, -0.2) is 28.4 Å². The van der Waals surface area contributed by atoms with Crippen molar-refractivity contribution in [2.24, 2.45) is 5.92 Å². The van der Waals surface area contributed by atoms with E-state index in [9.17, 15) is 9.18 Å². The molecule has 1 aliphatic carbocycles. The Bertz CT molecular complexity index is 435. The molecule has 3 nitrogen and oxygen atoms in total. The Morgan fingerprint density at radius 3 is 3.00 bits per heavy atom. The van der Waals surface area contributed by atoms with Crippen LogP contribution in [-0.2, 0) is 0 Å². The molecule has 84 valence electrons. The van der Waals surface area contributed by atoms with Crippen LogP contribution in [0.4, 0.5) is 4.39 Å². The Kier molecular flexibility index (Phi) is 2.16. The number of piperidine rings is 1. The standard InChI is InChI=1S/C12H13FN2O/c13-11-6-14-4-3-10(11)12(16)15-7-8-1-2-9(15)5-8/h3-4,6,8-9H,1-2,5,7H2. The quantitative estimate of drug-likeness (QED) is 0.723. The van der Waals surface area contributed by atoms with Crippen LogP contribution in [0.25, 0.3) is 0 Å². The zero-order valence-corrected chi connectivity index (χ0v) is 8.90. The van der Waals surface area contributed by atoms with E-state index >= 15 is 0 Å². The van der Waals surface area contributed by atoms with Gasteiger partial charge < -0.3 is 4.90 Å². The third kappa shape index (κ3) is 1.40. The molecule has 2 aliphatic rings. The number of nitrogens with zero attached hydrogens (tertiary/aromatic N) is 2. The van der Waals surface area contributed by atoms with E-state index in [1.165, 1.54) is 18.7 Å². The van der Waals surface area contributed by atoms with E-state index in [2.05, 4.69) is 4.98 Å². The Hall–Kier alpha value is -1.45. The van der Waals surface area contributed by atoms with Crippen LogP contribution in [0, 0.1) is 11.7 Å². The van der Waals surface area contributed by atoms with Gasteiger partial charge in [-0.1, -0.05) is 0 Å². The Labute approximate surface area is 93.3 Å². The van der Waals surface area contributed by atoms with Crippen molar-refractivity contribution >= 4 is 5.91 Å². The van der Waals surface area contributed by atoms with Crippen molar-refractivity contribution in [1.29, 1.82) is 0 Å². The average Bonchev–Trinajstić information content (AvgIpc) is 2.90. The first-order chi connectivity index (χ1) is 7.75. The summed E-state index contributed by atoms with van der Waals surface area (Å²) in [5.74, 6) is -0.0544. The average molecular weight is 220 g/mol. The number of halogens is 1. The third-order valence-corrected chi connectivity index (χ3v) is 3.67. The first-order valence-corrected chi connectivity index (χ1v) is 5.66. The van der Waals surface area contributed by atoms with Crippen LogP contribution < -0.4 is 0 Å². The van der Waals surface area contributed by atoms with E-state index < -0.39 is 5.82 Å². The van der Waals surface area contributed by atoms with Gasteiger partial charge in [0.05, 0.1) is 11.8 Å². The highest BCUT2D eigenvalue weighted by Gasteiger charge is 2.40. The normalized spacial score (nSPS) is 27.4.